The number of alkyl halides is 3. The van der Waals surface area contributed by atoms with E-state index in [2.05, 4.69) is 5.32 Å². The van der Waals surface area contributed by atoms with Crippen LogP contribution in [0.1, 0.15) is 5.56 Å². The third-order valence-corrected chi connectivity index (χ3v) is 5.41. The van der Waals surface area contributed by atoms with Crippen molar-refractivity contribution in [3.63, 3.8) is 0 Å². The number of nitrogens with one attached hydrogen (secondary N) is 1. The Bertz CT molecular complexity index is 963. The molecule has 1 saturated heterocycles. The van der Waals surface area contributed by atoms with E-state index >= 15 is 0 Å². The number of anilines is 1. The summed E-state index contributed by atoms with van der Waals surface area (Å²) >= 11 is 11.4. The SMILES string of the molecule is O=C(CN1CCN(C(=O)COc2ccc(Cl)cc2)CC1)Nc1ccc(Cl)c(C(F)(F)F)c1. The van der Waals surface area contributed by atoms with Gasteiger partial charge in [-0.15, -0.1) is 0 Å². The van der Waals surface area contributed by atoms with Crippen molar-refractivity contribution in [1.82, 2.24) is 9.80 Å². The van der Waals surface area contributed by atoms with Crippen LogP contribution in [0.5, 0.6) is 5.75 Å². The summed E-state index contributed by atoms with van der Waals surface area (Å²) in [6.45, 7) is 1.61. The van der Waals surface area contributed by atoms with E-state index in [-0.39, 0.29) is 24.7 Å². The van der Waals surface area contributed by atoms with Crippen LogP contribution in [0, 0.1) is 0 Å². The first kappa shape index (κ1) is 24.2. The second kappa shape index (κ2) is 10.4. The molecule has 172 valence electrons. The fourth-order valence-electron chi connectivity index (χ4n) is 3.15. The molecule has 32 heavy (non-hydrogen) atoms. The van der Waals surface area contributed by atoms with Crippen LogP contribution in [0.25, 0.3) is 0 Å². The van der Waals surface area contributed by atoms with Crippen molar-refractivity contribution in [3.8, 4) is 5.75 Å². The van der Waals surface area contributed by atoms with Crippen LogP contribution in [-0.2, 0) is 15.8 Å². The number of hydrogen-bond donors (Lipinski definition) is 1. The molecular formula is C21H20Cl2F3N3O3. The van der Waals surface area contributed by atoms with E-state index in [0.29, 0.717) is 37.0 Å². The molecule has 0 bridgehead atoms. The average molecular weight is 490 g/mol. The van der Waals surface area contributed by atoms with Crippen LogP contribution in [-0.4, -0.2) is 60.9 Å². The van der Waals surface area contributed by atoms with Crippen LogP contribution in [0.15, 0.2) is 42.5 Å². The van der Waals surface area contributed by atoms with Crippen molar-refractivity contribution < 1.29 is 27.5 Å². The summed E-state index contributed by atoms with van der Waals surface area (Å²) in [6.07, 6.45) is -4.61. The number of hydrogen-bond acceptors (Lipinski definition) is 4. The number of halogens is 5. The topological polar surface area (TPSA) is 61.9 Å². The van der Waals surface area contributed by atoms with Crippen LogP contribution >= 0.6 is 23.2 Å². The number of carbonyl (C=O) groups excluding carboxylic acids is 2. The highest BCUT2D eigenvalue weighted by Crippen LogP contribution is 2.36. The molecule has 0 aromatic heterocycles. The van der Waals surface area contributed by atoms with E-state index in [4.69, 9.17) is 27.9 Å². The quantitative estimate of drug-likeness (QED) is 0.661. The monoisotopic (exact) mass is 489 g/mol. The molecule has 1 N–H and O–H groups in total. The van der Waals surface area contributed by atoms with Crippen LogP contribution in [0.2, 0.25) is 10.0 Å². The fraction of sp³-hybridized carbons (Fsp3) is 0.333. The van der Waals surface area contributed by atoms with Gasteiger partial charge >= 0.3 is 6.18 Å². The summed E-state index contributed by atoms with van der Waals surface area (Å²) < 4.78 is 44.3. The van der Waals surface area contributed by atoms with Crippen molar-refractivity contribution >= 4 is 40.7 Å². The van der Waals surface area contributed by atoms with Gasteiger partial charge in [0.25, 0.3) is 5.91 Å². The molecule has 6 nitrogen and oxygen atoms in total. The second-order valence-electron chi connectivity index (χ2n) is 7.14. The summed E-state index contributed by atoms with van der Waals surface area (Å²) in [4.78, 5) is 28.0. The molecule has 2 amide bonds. The van der Waals surface area contributed by atoms with Gasteiger partial charge in [0.15, 0.2) is 6.61 Å². The number of nitrogens with zero attached hydrogens (tertiary/aromatic N) is 2. The average Bonchev–Trinajstić information content (AvgIpc) is 2.74. The van der Waals surface area contributed by atoms with E-state index in [9.17, 15) is 22.8 Å². The molecule has 0 atom stereocenters. The minimum atomic E-state index is -4.61. The lowest BCUT2D eigenvalue weighted by molar-refractivity contribution is -0.137. The van der Waals surface area contributed by atoms with Crippen molar-refractivity contribution in [3.05, 3.63) is 58.1 Å². The van der Waals surface area contributed by atoms with Crippen molar-refractivity contribution in [2.24, 2.45) is 0 Å². The predicted molar refractivity (Wildman–Crippen MR) is 115 cm³/mol. The third kappa shape index (κ3) is 6.75. The first-order valence-electron chi connectivity index (χ1n) is 9.67. The minimum Gasteiger partial charge on any atom is -0.484 e. The lowest BCUT2D eigenvalue weighted by Gasteiger charge is -2.34. The van der Waals surface area contributed by atoms with Crippen LogP contribution in [0.3, 0.4) is 0 Å². The van der Waals surface area contributed by atoms with Gasteiger partial charge in [-0.2, -0.15) is 13.2 Å². The van der Waals surface area contributed by atoms with Crippen molar-refractivity contribution in [2.45, 2.75) is 6.18 Å². The highest BCUT2D eigenvalue weighted by Gasteiger charge is 2.33. The van der Waals surface area contributed by atoms with E-state index in [1.165, 1.54) is 6.07 Å². The summed E-state index contributed by atoms with van der Waals surface area (Å²) in [6, 6.07) is 9.88. The zero-order valence-corrected chi connectivity index (χ0v) is 18.3. The molecule has 11 heteroatoms. The van der Waals surface area contributed by atoms with Gasteiger partial charge in [0.05, 0.1) is 17.1 Å². The van der Waals surface area contributed by atoms with E-state index in [1.54, 1.807) is 29.2 Å². The van der Waals surface area contributed by atoms with Crippen LogP contribution < -0.4 is 10.1 Å². The minimum absolute atomic E-state index is 0.00666. The van der Waals surface area contributed by atoms with E-state index < -0.39 is 22.7 Å². The number of piperazine rings is 1. The third-order valence-electron chi connectivity index (χ3n) is 4.82. The molecule has 0 aliphatic carbocycles. The molecule has 1 fully saturated rings. The molecule has 0 saturated carbocycles. The smallest absolute Gasteiger partial charge is 0.417 e. The summed E-state index contributed by atoms with van der Waals surface area (Å²) in [5.41, 5.74) is -0.996. The molecule has 1 heterocycles. The van der Waals surface area contributed by atoms with Crippen molar-refractivity contribution in [1.29, 1.82) is 0 Å². The Labute approximate surface area is 192 Å². The molecule has 0 spiro atoms. The van der Waals surface area contributed by atoms with E-state index in [0.717, 1.165) is 12.1 Å². The molecule has 1 aliphatic heterocycles. The lowest BCUT2D eigenvalue weighted by atomic mass is 10.2. The Balaban J connectivity index is 1.44. The Kier molecular flexibility index (Phi) is 7.86. The van der Waals surface area contributed by atoms with Crippen molar-refractivity contribution in [2.75, 3.05) is 44.6 Å². The molecule has 3 rings (SSSR count). The maximum atomic E-state index is 13.0. The van der Waals surface area contributed by atoms with Gasteiger partial charge in [-0.05, 0) is 42.5 Å². The molecule has 0 unspecified atom stereocenters. The number of ether oxygens (including phenoxy) is 1. The molecule has 0 radical (unpaired) electrons. The highest BCUT2D eigenvalue weighted by atomic mass is 35.5. The van der Waals surface area contributed by atoms with E-state index in [1.807, 2.05) is 4.90 Å². The lowest BCUT2D eigenvalue weighted by Crippen LogP contribution is -2.51. The number of amides is 2. The first-order valence-corrected chi connectivity index (χ1v) is 10.4. The van der Waals surface area contributed by atoms with Gasteiger partial charge in [0.2, 0.25) is 5.91 Å². The zero-order valence-electron chi connectivity index (χ0n) is 16.8. The summed E-state index contributed by atoms with van der Waals surface area (Å²) in [7, 11) is 0. The maximum Gasteiger partial charge on any atom is 0.417 e. The summed E-state index contributed by atoms with van der Waals surface area (Å²) in [5.74, 6) is -0.0925. The Morgan fingerprint density at radius 3 is 2.28 bits per heavy atom. The Morgan fingerprint density at radius 2 is 1.66 bits per heavy atom. The zero-order chi connectivity index (χ0) is 23.3. The predicted octanol–water partition coefficient (Wildman–Crippen LogP) is 4.17. The molecular weight excluding hydrogens is 470 g/mol. The second-order valence-corrected chi connectivity index (χ2v) is 7.98. The van der Waals surface area contributed by atoms with Crippen LogP contribution in [0.4, 0.5) is 18.9 Å². The Morgan fingerprint density at radius 1 is 1.00 bits per heavy atom. The molecule has 2 aromatic rings. The van der Waals surface area contributed by atoms with Gasteiger partial charge in [-0.25, -0.2) is 0 Å². The first-order chi connectivity index (χ1) is 15.1. The number of carbonyl (C=O) groups is 2. The largest absolute Gasteiger partial charge is 0.484 e. The number of benzene rings is 2. The standard InChI is InChI=1S/C21H20Cl2F3N3O3/c22-14-1-4-16(5-2-14)32-13-20(31)29-9-7-28(8-10-29)12-19(30)27-15-3-6-18(23)17(11-15)21(24,25)26/h1-6,11H,7-10,12-13H2,(H,27,30). The highest BCUT2D eigenvalue weighted by molar-refractivity contribution is 6.31. The molecule has 2 aromatic carbocycles. The van der Waals surface area contributed by atoms with Gasteiger partial charge < -0.3 is 15.0 Å². The van der Waals surface area contributed by atoms with Gasteiger partial charge in [0.1, 0.15) is 5.75 Å². The Hall–Kier alpha value is -2.49. The molecule has 1 aliphatic rings. The normalized spacial score (nSPS) is 14.8. The van der Waals surface area contributed by atoms with Gasteiger partial charge in [0, 0.05) is 36.9 Å². The van der Waals surface area contributed by atoms with Gasteiger partial charge in [-0.3, -0.25) is 14.5 Å². The fourth-order valence-corrected chi connectivity index (χ4v) is 3.50. The number of rotatable bonds is 6. The maximum absolute atomic E-state index is 13.0. The van der Waals surface area contributed by atoms with Gasteiger partial charge in [-0.1, -0.05) is 23.2 Å². The summed E-state index contributed by atoms with van der Waals surface area (Å²) in [5, 5.41) is 2.59.